The van der Waals surface area contributed by atoms with Gasteiger partial charge in [0.2, 0.25) is 0 Å². The fourth-order valence-corrected chi connectivity index (χ4v) is 2.09. The van der Waals surface area contributed by atoms with E-state index in [2.05, 4.69) is 5.32 Å². The maximum atomic E-state index is 11.4. The molecule has 1 N–H and O–H groups in total. The lowest BCUT2D eigenvalue weighted by Crippen LogP contribution is -2.10. The Morgan fingerprint density at radius 2 is 2.00 bits per heavy atom. The fourth-order valence-electron chi connectivity index (χ4n) is 1.22. The van der Waals surface area contributed by atoms with Gasteiger partial charge in [0.15, 0.2) is 9.84 Å². The Morgan fingerprint density at radius 3 is 2.60 bits per heavy atom. The molecule has 0 spiro atoms. The van der Waals surface area contributed by atoms with Crippen LogP contribution in [-0.4, -0.2) is 34.9 Å². The maximum absolute atomic E-state index is 11.4. The lowest BCUT2D eigenvalue weighted by Gasteiger charge is -2.09. The summed E-state index contributed by atoms with van der Waals surface area (Å²) in [4.78, 5) is 0.320. The third kappa shape index (κ3) is 3.53. The predicted molar refractivity (Wildman–Crippen MR) is 59.9 cm³/mol. The molecule has 0 aliphatic heterocycles. The summed E-state index contributed by atoms with van der Waals surface area (Å²) in [6.45, 7) is 1.13. The third-order valence-corrected chi connectivity index (χ3v) is 3.06. The van der Waals surface area contributed by atoms with E-state index in [0.717, 1.165) is 0 Å². The summed E-state index contributed by atoms with van der Waals surface area (Å²) in [5.41, 5.74) is 0.622. The van der Waals surface area contributed by atoms with E-state index < -0.39 is 9.84 Å². The molecule has 15 heavy (non-hydrogen) atoms. The number of rotatable bonds is 5. The molecule has 0 saturated heterocycles. The first-order valence-electron chi connectivity index (χ1n) is 4.57. The van der Waals surface area contributed by atoms with E-state index >= 15 is 0 Å². The van der Waals surface area contributed by atoms with Crippen LogP contribution in [-0.2, 0) is 14.6 Å². The highest BCUT2D eigenvalue weighted by Crippen LogP contribution is 2.19. The molecule has 0 heterocycles. The Morgan fingerprint density at radius 1 is 1.33 bits per heavy atom. The Hall–Kier alpha value is -1.07. The number of nitrogens with one attached hydrogen (secondary N) is 1. The van der Waals surface area contributed by atoms with Gasteiger partial charge in [0.1, 0.15) is 0 Å². The number of para-hydroxylation sites is 1. The van der Waals surface area contributed by atoms with Gasteiger partial charge in [-0.25, -0.2) is 8.42 Å². The van der Waals surface area contributed by atoms with Crippen LogP contribution in [0.5, 0.6) is 0 Å². The van der Waals surface area contributed by atoms with Gasteiger partial charge in [-0.2, -0.15) is 0 Å². The molecule has 0 aliphatic rings. The van der Waals surface area contributed by atoms with E-state index in [9.17, 15) is 8.42 Å². The largest absolute Gasteiger partial charge is 0.383 e. The standard InChI is InChI=1S/C10H15NO3S/c1-14-8-7-11-9-5-3-4-6-10(9)15(2,12)13/h3-6,11H,7-8H2,1-2H3. The average molecular weight is 229 g/mol. The second-order valence-corrected chi connectivity index (χ2v) is 5.17. The van der Waals surface area contributed by atoms with Crippen molar-refractivity contribution < 1.29 is 13.2 Å². The lowest BCUT2D eigenvalue weighted by molar-refractivity contribution is 0.210. The van der Waals surface area contributed by atoms with Crippen molar-refractivity contribution >= 4 is 15.5 Å². The number of hydrogen-bond donors (Lipinski definition) is 1. The fraction of sp³-hybridized carbons (Fsp3) is 0.400. The normalized spacial score (nSPS) is 11.3. The summed E-state index contributed by atoms with van der Waals surface area (Å²) in [6.07, 6.45) is 1.20. The van der Waals surface area contributed by atoms with Crippen molar-refractivity contribution in [2.75, 3.05) is 31.8 Å². The third-order valence-electron chi connectivity index (χ3n) is 1.91. The zero-order chi connectivity index (χ0) is 11.3. The first-order chi connectivity index (χ1) is 7.05. The molecule has 0 atom stereocenters. The van der Waals surface area contributed by atoms with Gasteiger partial charge in [-0.3, -0.25) is 0 Å². The summed E-state index contributed by atoms with van der Waals surface area (Å²) in [5.74, 6) is 0. The van der Waals surface area contributed by atoms with Gasteiger partial charge >= 0.3 is 0 Å². The Bertz CT molecular complexity index is 414. The number of benzene rings is 1. The van der Waals surface area contributed by atoms with E-state index in [0.29, 0.717) is 23.7 Å². The SMILES string of the molecule is COCCNc1ccccc1S(C)(=O)=O. The zero-order valence-corrected chi connectivity index (χ0v) is 9.67. The second kappa shape index (κ2) is 5.14. The summed E-state index contributed by atoms with van der Waals surface area (Å²) in [5, 5.41) is 3.02. The molecular formula is C10H15NO3S. The van der Waals surface area contributed by atoms with Crippen molar-refractivity contribution in [3.63, 3.8) is 0 Å². The van der Waals surface area contributed by atoms with Gasteiger partial charge in [0, 0.05) is 19.9 Å². The quantitative estimate of drug-likeness (QED) is 0.769. The molecule has 1 rings (SSSR count). The van der Waals surface area contributed by atoms with Crippen LogP contribution in [0.4, 0.5) is 5.69 Å². The van der Waals surface area contributed by atoms with E-state index in [4.69, 9.17) is 4.74 Å². The number of sulfone groups is 1. The molecule has 0 bridgehead atoms. The van der Waals surface area contributed by atoms with Crippen molar-refractivity contribution in [3.8, 4) is 0 Å². The Kier molecular flexibility index (Phi) is 4.11. The van der Waals surface area contributed by atoms with Gasteiger partial charge < -0.3 is 10.1 Å². The van der Waals surface area contributed by atoms with Crippen LogP contribution in [0.25, 0.3) is 0 Å². The van der Waals surface area contributed by atoms with Gasteiger partial charge in [-0.05, 0) is 12.1 Å². The molecule has 5 heteroatoms. The minimum atomic E-state index is -3.17. The topological polar surface area (TPSA) is 55.4 Å². The molecule has 0 aromatic heterocycles. The molecule has 4 nitrogen and oxygen atoms in total. The molecule has 0 aliphatic carbocycles. The van der Waals surface area contributed by atoms with Crippen LogP contribution in [0.2, 0.25) is 0 Å². The van der Waals surface area contributed by atoms with Gasteiger partial charge in [0.05, 0.1) is 17.2 Å². The summed E-state index contributed by atoms with van der Waals surface area (Å²) < 4.78 is 27.7. The predicted octanol–water partition coefficient (Wildman–Crippen LogP) is 1.15. The molecule has 0 saturated carbocycles. The first-order valence-corrected chi connectivity index (χ1v) is 6.46. The Labute approximate surface area is 90.2 Å². The van der Waals surface area contributed by atoms with Crippen molar-refractivity contribution in [3.05, 3.63) is 24.3 Å². The Balaban J connectivity index is 2.88. The van der Waals surface area contributed by atoms with E-state index in [1.165, 1.54) is 6.26 Å². The zero-order valence-electron chi connectivity index (χ0n) is 8.86. The van der Waals surface area contributed by atoms with E-state index in [-0.39, 0.29) is 0 Å². The summed E-state index contributed by atoms with van der Waals surface area (Å²) in [6, 6.07) is 6.83. The molecule has 0 radical (unpaired) electrons. The minimum Gasteiger partial charge on any atom is -0.383 e. The first kappa shape index (κ1) is 12.0. The molecule has 0 fully saturated rings. The number of methoxy groups -OCH3 is 1. The van der Waals surface area contributed by atoms with Crippen LogP contribution in [0.1, 0.15) is 0 Å². The molecular weight excluding hydrogens is 214 g/mol. The highest BCUT2D eigenvalue weighted by molar-refractivity contribution is 7.90. The number of hydrogen-bond acceptors (Lipinski definition) is 4. The van der Waals surface area contributed by atoms with Crippen LogP contribution in [0, 0.1) is 0 Å². The highest BCUT2D eigenvalue weighted by Gasteiger charge is 2.11. The molecule has 0 amide bonds. The van der Waals surface area contributed by atoms with Crippen LogP contribution < -0.4 is 5.32 Å². The van der Waals surface area contributed by atoms with Gasteiger partial charge in [0.25, 0.3) is 0 Å². The van der Waals surface area contributed by atoms with Crippen LogP contribution >= 0.6 is 0 Å². The highest BCUT2D eigenvalue weighted by atomic mass is 32.2. The molecule has 1 aromatic carbocycles. The average Bonchev–Trinajstić information content (AvgIpc) is 2.17. The van der Waals surface area contributed by atoms with Crippen molar-refractivity contribution in [2.24, 2.45) is 0 Å². The molecule has 1 aromatic rings. The van der Waals surface area contributed by atoms with E-state index in [1.807, 2.05) is 0 Å². The van der Waals surface area contributed by atoms with Crippen LogP contribution in [0.15, 0.2) is 29.2 Å². The minimum absolute atomic E-state index is 0.320. The summed E-state index contributed by atoms with van der Waals surface area (Å²) >= 11 is 0. The monoisotopic (exact) mass is 229 g/mol. The van der Waals surface area contributed by atoms with Crippen molar-refractivity contribution in [2.45, 2.75) is 4.90 Å². The van der Waals surface area contributed by atoms with Crippen molar-refractivity contribution in [1.29, 1.82) is 0 Å². The lowest BCUT2D eigenvalue weighted by atomic mass is 10.3. The number of anilines is 1. The van der Waals surface area contributed by atoms with Gasteiger partial charge in [-0.15, -0.1) is 0 Å². The van der Waals surface area contributed by atoms with E-state index in [1.54, 1.807) is 31.4 Å². The molecule has 0 unspecified atom stereocenters. The van der Waals surface area contributed by atoms with Crippen LogP contribution in [0.3, 0.4) is 0 Å². The van der Waals surface area contributed by atoms with Gasteiger partial charge in [-0.1, -0.05) is 12.1 Å². The van der Waals surface area contributed by atoms with Crippen molar-refractivity contribution in [1.82, 2.24) is 0 Å². The molecule has 84 valence electrons. The second-order valence-electron chi connectivity index (χ2n) is 3.19. The summed E-state index contributed by atoms with van der Waals surface area (Å²) in [7, 11) is -1.57. The number of ether oxygens (including phenoxy) is 1. The smallest absolute Gasteiger partial charge is 0.177 e. The maximum Gasteiger partial charge on any atom is 0.177 e.